The average molecular weight is 485 g/mol. The van der Waals surface area contributed by atoms with Gasteiger partial charge >= 0.3 is 0 Å². The van der Waals surface area contributed by atoms with Gasteiger partial charge in [0.05, 0.1) is 10.7 Å². The normalized spacial score (nSPS) is 14.9. The highest BCUT2D eigenvalue weighted by Crippen LogP contribution is 2.37. The lowest BCUT2D eigenvalue weighted by Crippen LogP contribution is -2.23. The Hall–Kier alpha value is -2.88. The highest BCUT2D eigenvalue weighted by atomic mass is 35.5. The molecule has 1 aliphatic rings. The number of fused-ring (bicyclic) bond motifs is 6. The third-order valence-corrected chi connectivity index (χ3v) is 6.58. The van der Waals surface area contributed by atoms with E-state index in [1.54, 1.807) is 6.07 Å². The maximum absolute atomic E-state index is 14.6. The Labute approximate surface area is 185 Å². The molecule has 31 heavy (non-hydrogen) atoms. The number of hydrogen-bond donors (Lipinski definition) is 3. The zero-order valence-electron chi connectivity index (χ0n) is 15.3. The van der Waals surface area contributed by atoms with Gasteiger partial charge in [0, 0.05) is 28.8 Å². The summed E-state index contributed by atoms with van der Waals surface area (Å²) in [4.78, 5) is 11.9. The number of anilines is 1. The van der Waals surface area contributed by atoms with Gasteiger partial charge in [-0.15, -0.1) is 0 Å². The highest BCUT2D eigenvalue weighted by molar-refractivity contribution is 7.92. The maximum atomic E-state index is 14.6. The molecule has 0 radical (unpaired) electrons. The Kier molecular flexibility index (Phi) is 5.28. The first-order chi connectivity index (χ1) is 14.6. The van der Waals surface area contributed by atoms with E-state index in [0.717, 1.165) is 18.2 Å². The third-order valence-electron chi connectivity index (χ3n) is 4.68. The van der Waals surface area contributed by atoms with Crippen LogP contribution in [0.1, 0.15) is 15.9 Å². The molecule has 0 spiro atoms. The Balaban J connectivity index is 2.02. The molecule has 4 bridgehead atoms. The minimum atomic E-state index is -4.61. The molecule has 1 aliphatic heterocycles. The average Bonchev–Trinajstić information content (AvgIpc) is 2.70. The zero-order chi connectivity index (χ0) is 22.5. The summed E-state index contributed by atoms with van der Waals surface area (Å²) in [6.45, 7) is -0.0779. The number of amides is 1. The number of hydrogen-bond acceptors (Lipinski definition) is 4. The van der Waals surface area contributed by atoms with Crippen LogP contribution >= 0.6 is 23.2 Å². The van der Waals surface area contributed by atoms with Crippen molar-refractivity contribution in [3.8, 4) is 16.9 Å². The van der Waals surface area contributed by atoms with Crippen LogP contribution in [0.3, 0.4) is 0 Å². The summed E-state index contributed by atoms with van der Waals surface area (Å²) >= 11 is 11.9. The quantitative estimate of drug-likeness (QED) is 0.431. The van der Waals surface area contributed by atoms with Crippen molar-refractivity contribution >= 4 is 44.8 Å². The van der Waals surface area contributed by atoms with Gasteiger partial charge in [-0.3, -0.25) is 9.52 Å². The molecular formula is C20H12Cl2F2N2O4S. The Morgan fingerprint density at radius 2 is 1.71 bits per heavy atom. The minimum Gasteiger partial charge on any atom is -0.505 e. The summed E-state index contributed by atoms with van der Waals surface area (Å²) in [6, 6.07) is 8.00. The number of benzene rings is 3. The van der Waals surface area contributed by atoms with Crippen molar-refractivity contribution in [2.45, 2.75) is 11.4 Å². The van der Waals surface area contributed by atoms with E-state index in [9.17, 15) is 27.1 Å². The number of carbonyl (C=O) groups excluding carboxylic acids is 1. The van der Waals surface area contributed by atoms with Gasteiger partial charge in [0.1, 0.15) is 16.5 Å². The molecule has 3 N–H and O–H groups in total. The molecule has 3 aromatic rings. The molecule has 1 amide bonds. The summed E-state index contributed by atoms with van der Waals surface area (Å²) in [7, 11) is -4.61. The van der Waals surface area contributed by atoms with Gasteiger partial charge < -0.3 is 10.4 Å². The summed E-state index contributed by atoms with van der Waals surface area (Å²) in [5.74, 6) is -3.66. The van der Waals surface area contributed by atoms with Crippen molar-refractivity contribution in [1.29, 1.82) is 0 Å². The summed E-state index contributed by atoms with van der Waals surface area (Å²) < 4.78 is 56.8. The van der Waals surface area contributed by atoms with Gasteiger partial charge in [-0.2, -0.15) is 0 Å². The minimum absolute atomic E-state index is 0.0779. The molecule has 6 nitrogen and oxygen atoms in total. The number of aromatic hydroxyl groups is 1. The van der Waals surface area contributed by atoms with E-state index in [0.29, 0.717) is 11.6 Å². The van der Waals surface area contributed by atoms with Gasteiger partial charge in [0.15, 0.2) is 5.75 Å². The van der Waals surface area contributed by atoms with Crippen molar-refractivity contribution in [2.75, 3.05) is 4.72 Å². The maximum Gasteiger partial charge on any atom is 0.265 e. The number of rotatable bonds is 0. The third kappa shape index (κ3) is 3.91. The van der Waals surface area contributed by atoms with Crippen LogP contribution in [-0.2, 0) is 16.6 Å². The first-order valence-electron chi connectivity index (χ1n) is 8.68. The highest BCUT2D eigenvalue weighted by Gasteiger charge is 2.26. The molecule has 0 aromatic heterocycles. The Morgan fingerprint density at radius 3 is 2.45 bits per heavy atom. The van der Waals surface area contributed by atoms with Crippen molar-refractivity contribution in [1.82, 2.24) is 5.32 Å². The van der Waals surface area contributed by atoms with Crippen molar-refractivity contribution < 1.29 is 27.1 Å². The fourth-order valence-electron chi connectivity index (χ4n) is 3.17. The van der Waals surface area contributed by atoms with Crippen LogP contribution in [0.4, 0.5) is 14.5 Å². The monoisotopic (exact) mass is 484 g/mol. The lowest BCUT2D eigenvalue weighted by Gasteiger charge is -2.14. The smallest absolute Gasteiger partial charge is 0.265 e. The molecule has 1 heterocycles. The SMILES string of the molecule is O=C1NCc2ccc(Cl)cc2-c2cc(c(F)cc2F)NS(=O)(=O)c2cc1cc(Cl)c2O. The lowest BCUT2D eigenvalue weighted by atomic mass is 9.98. The van der Waals surface area contributed by atoms with E-state index in [1.165, 1.54) is 12.1 Å². The fraction of sp³-hybridized carbons (Fsp3) is 0.0500. The summed E-state index contributed by atoms with van der Waals surface area (Å²) in [6.07, 6.45) is 0. The van der Waals surface area contributed by atoms with E-state index in [1.807, 2.05) is 4.72 Å². The Morgan fingerprint density at radius 1 is 0.968 bits per heavy atom. The predicted molar refractivity (Wildman–Crippen MR) is 112 cm³/mol. The molecule has 11 heteroatoms. The van der Waals surface area contributed by atoms with Gasteiger partial charge in [-0.1, -0.05) is 29.3 Å². The van der Waals surface area contributed by atoms with Gasteiger partial charge in [-0.25, -0.2) is 17.2 Å². The number of carbonyl (C=O) groups is 1. The molecule has 0 saturated carbocycles. The number of nitrogens with one attached hydrogen (secondary N) is 2. The van der Waals surface area contributed by atoms with Crippen molar-refractivity contribution in [2.24, 2.45) is 0 Å². The van der Waals surface area contributed by atoms with Crippen LogP contribution < -0.4 is 10.0 Å². The second-order valence-electron chi connectivity index (χ2n) is 6.71. The predicted octanol–water partition coefficient (Wildman–Crippen LogP) is 4.69. The summed E-state index contributed by atoms with van der Waals surface area (Å²) in [5, 5.41) is 12.6. The van der Waals surface area contributed by atoms with E-state index in [4.69, 9.17) is 23.2 Å². The van der Waals surface area contributed by atoms with E-state index < -0.39 is 48.9 Å². The number of halogens is 4. The van der Waals surface area contributed by atoms with Crippen LogP contribution in [-0.4, -0.2) is 19.4 Å². The molecule has 0 atom stereocenters. The second kappa shape index (κ2) is 7.67. The molecule has 0 unspecified atom stereocenters. The van der Waals surface area contributed by atoms with Crippen molar-refractivity contribution in [3.63, 3.8) is 0 Å². The first kappa shape index (κ1) is 21.4. The molecular weight excluding hydrogens is 473 g/mol. The molecule has 160 valence electrons. The van der Waals surface area contributed by atoms with Gasteiger partial charge in [0.2, 0.25) is 0 Å². The second-order valence-corrected chi connectivity index (χ2v) is 9.20. The van der Waals surface area contributed by atoms with Crippen LogP contribution in [0.25, 0.3) is 11.1 Å². The van der Waals surface area contributed by atoms with E-state index in [2.05, 4.69) is 5.32 Å². The lowest BCUT2D eigenvalue weighted by molar-refractivity contribution is 0.0950. The van der Waals surface area contributed by atoms with Crippen molar-refractivity contribution in [3.05, 3.63) is 75.3 Å². The summed E-state index contributed by atoms with van der Waals surface area (Å²) in [5.41, 5.74) is -0.184. The van der Waals surface area contributed by atoms with Crippen LogP contribution in [0.5, 0.6) is 5.75 Å². The number of phenols is 1. The molecule has 0 fully saturated rings. The zero-order valence-corrected chi connectivity index (χ0v) is 17.7. The van der Waals surface area contributed by atoms with Crippen LogP contribution in [0.2, 0.25) is 10.0 Å². The van der Waals surface area contributed by atoms with Crippen LogP contribution in [0.15, 0.2) is 47.4 Å². The van der Waals surface area contributed by atoms with E-state index >= 15 is 0 Å². The topological polar surface area (TPSA) is 95.5 Å². The van der Waals surface area contributed by atoms with Gasteiger partial charge in [-0.05, 0) is 41.5 Å². The largest absolute Gasteiger partial charge is 0.505 e. The fourth-order valence-corrected chi connectivity index (χ4v) is 4.82. The standard InChI is InChI=1S/C20H12Cl2F2N2O4S/c21-11-2-1-9-8-25-20(28)10-3-14(22)19(27)18(4-10)31(29,30)26-17-6-13(12(9)5-11)15(23)7-16(17)24/h1-7,26-27H,8H2,(H,25,28). The first-order valence-corrected chi connectivity index (χ1v) is 10.9. The number of sulfonamides is 1. The Bertz CT molecular complexity index is 1360. The molecule has 0 aliphatic carbocycles. The molecule has 3 aromatic carbocycles. The molecule has 0 saturated heterocycles. The molecule has 4 rings (SSSR count). The van der Waals surface area contributed by atoms with E-state index in [-0.39, 0.29) is 28.3 Å². The van der Waals surface area contributed by atoms with Crippen LogP contribution in [0, 0.1) is 11.6 Å². The number of phenolic OH excluding ortho intramolecular Hbond substituents is 1. The van der Waals surface area contributed by atoms with Gasteiger partial charge in [0.25, 0.3) is 15.9 Å².